The van der Waals surface area contributed by atoms with Gasteiger partial charge in [-0.2, -0.15) is 0 Å². The van der Waals surface area contributed by atoms with Gasteiger partial charge in [-0.1, -0.05) is 11.3 Å². The molecule has 0 spiro atoms. The Morgan fingerprint density at radius 1 is 1.62 bits per heavy atom. The number of primary sulfonamides is 1. The second-order valence-corrected chi connectivity index (χ2v) is 4.67. The average molecular weight is 224 g/mol. The highest BCUT2D eigenvalue weighted by Crippen LogP contribution is 2.17. The molecule has 0 saturated carbocycles. The number of rotatable bonds is 4. The number of hydrogen-bond donors (Lipinski definition) is 2. The molecule has 0 saturated heterocycles. The van der Waals surface area contributed by atoms with Crippen LogP contribution in [0.4, 0.5) is 5.13 Å². The van der Waals surface area contributed by atoms with Crippen molar-refractivity contribution in [2.24, 2.45) is 5.14 Å². The fourth-order valence-electron chi connectivity index (χ4n) is 0.500. The summed E-state index contributed by atoms with van der Waals surface area (Å²) in [5.41, 5.74) is 2.41. The molecule has 74 valence electrons. The number of nitrogens with one attached hydrogen (secondary N) is 1. The minimum Gasteiger partial charge on any atom is -0.274 e. The molecule has 7 nitrogen and oxygen atoms in total. The molecule has 1 aromatic rings. The average Bonchev–Trinajstić information content (AvgIpc) is 2.47. The Hall–Kier alpha value is -0.770. The highest BCUT2D eigenvalue weighted by molar-refractivity contribution is 7.91. The lowest BCUT2D eigenvalue weighted by atomic mass is 10.9. The van der Waals surface area contributed by atoms with Gasteiger partial charge in [0.1, 0.15) is 0 Å². The standard InChI is InChI=1S/C4H8N4O3S2/c1-2-11-8-3-6-7-4(12-3)13(5,9)10/h2H2,1H3,(H,6,8)(H2,5,9,10). The van der Waals surface area contributed by atoms with E-state index in [4.69, 9.17) is 9.98 Å². The van der Waals surface area contributed by atoms with Crippen LogP contribution < -0.4 is 10.6 Å². The summed E-state index contributed by atoms with van der Waals surface area (Å²) >= 11 is 0.808. The summed E-state index contributed by atoms with van der Waals surface area (Å²) in [5.74, 6) is 0. The predicted molar refractivity (Wildman–Crippen MR) is 46.5 cm³/mol. The molecule has 0 amide bonds. The van der Waals surface area contributed by atoms with Crippen molar-refractivity contribution in [3.63, 3.8) is 0 Å². The Bertz CT molecular complexity index is 372. The molecular formula is C4H8N4O3S2. The molecule has 0 fully saturated rings. The van der Waals surface area contributed by atoms with Gasteiger partial charge in [-0.15, -0.1) is 10.2 Å². The van der Waals surface area contributed by atoms with Crippen LogP contribution in [0.5, 0.6) is 0 Å². The van der Waals surface area contributed by atoms with Crippen molar-refractivity contribution in [3.05, 3.63) is 0 Å². The third kappa shape index (κ3) is 2.88. The van der Waals surface area contributed by atoms with Gasteiger partial charge in [-0.25, -0.2) is 19.0 Å². The Labute approximate surface area is 78.9 Å². The van der Waals surface area contributed by atoms with Crippen molar-refractivity contribution in [1.82, 2.24) is 10.2 Å². The molecule has 0 aromatic carbocycles. The summed E-state index contributed by atoms with van der Waals surface area (Å²) in [6.45, 7) is 2.21. The second-order valence-electron chi connectivity index (χ2n) is 1.95. The summed E-state index contributed by atoms with van der Waals surface area (Å²) in [6.07, 6.45) is 0. The third-order valence-electron chi connectivity index (χ3n) is 0.954. The maximum absolute atomic E-state index is 10.7. The van der Waals surface area contributed by atoms with Crippen molar-refractivity contribution in [2.75, 3.05) is 12.1 Å². The maximum Gasteiger partial charge on any atom is 0.267 e. The highest BCUT2D eigenvalue weighted by atomic mass is 32.2. The van der Waals surface area contributed by atoms with E-state index in [9.17, 15) is 8.42 Å². The topological polar surface area (TPSA) is 107 Å². The minimum absolute atomic E-state index is 0.241. The van der Waals surface area contributed by atoms with Crippen molar-refractivity contribution >= 4 is 26.5 Å². The SMILES string of the molecule is CCONc1nnc(S(N)(=O)=O)s1. The van der Waals surface area contributed by atoms with E-state index >= 15 is 0 Å². The Morgan fingerprint density at radius 2 is 2.31 bits per heavy atom. The van der Waals surface area contributed by atoms with Gasteiger partial charge in [0, 0.05) is 0 Å². The summed E-state index contributed by atoms with van der Waals surface area (Å²) in [7, 11) is -3.76. The smallest absolute Gasteiger partial charge is 0.267 e. The number of nitrogens with two attached hydrogens (primary N) is 1. The second kappa shape index (κ2) is 3.96. The first-order valence-electron chi connectivity index (χ1n) is 3.28. The maximum atomic E-state index is 10.7. The zero-order chi connectivity index (χ0) is 9.90. The molecule has 1 aromatic heterocycles. The van der Waals surface area contributed by atoms with Crippen molar-refractivity contribution in [1.29, 1.82) is 0 Å². The van der Waals surface area contributed by atoms with Crippen LogP contribution in [0.15, 0.2) is 4.34 Å². The molecule has 1 heterocycles. The first-order chi connectivity index (χ1) is 6.04. The van der Waals surface area contributed by atoms with E-state index in [1.165, 1.54) is 0 Å². The molecule has 0 aliphatic heterocycles. The van der Waals surface area contributed by atoms with E-state index in [0.717, 1.165) is 11.3 Å². The lowest BCUT2D eigenvalue weighted by Gasteiger charge is -1.96. The van der Waals surface area contributed by atoms with E-state index in [0.29, 0.717) is 6.61 Å². The molecule has 1 rings (SSSR count). The zero-order valence-corrected chi connectivity index (χ0v) is 8.35. The summed E-state index contributed by atoms with van der Waals surface area (Å²) in [6, 6.07) is 0. The largest absolute Gasteiger partial charge is 0.274 e. The lowest BCUT2D eigenvalue weighted by molar-refractivity contribution is 0.210. The zero-order valence-electron chi connectivity index (χ0n) is 6.72. The van der Waals surface area contributed by atoms with Crippen molar-refractivity contribution in [2.45, 2.75) is 11.3 Å². The molecule has 0 unspecified atom stereocenters. The van der Waals surface area contributed by atoms with E-state index in [2.05, 4.69) is 15.7 Å². The van der Waals surface area contributed by atoms with Crippen LogP contribution in [0, 0.1) is 0 Å². The lowest BCUT2D eigenvalue weighted by Crippen LogP contribution is -2.11. The van der Waals surface area contributed by atoms with Gasteiger partial charge in [0.25, 0.3) is 10.0 Å². The van der Waals surface area contributed by atoms with Crippen LogP contribution in [0.3, 0.4) is 0 Å². The van der Waals surface area contributed by atoms with Gasteiger partial charge in [0.15, 0.2) is 0 Å². The van der Waals surface area contributed by atoms with Crippen molar-refractivity contribution < 1.29 is 13.3 Å². The van der Waals surface area contributed by atoms with Crippen LogP contribution >= 0.6 is 11.3 Å². The van der Waals surface area contributed by atoms with Crippen LogP contribution in [0.25, 0.3) is 0 Å². The minimum atomic E-state index is -3.76. The van der Waals surface area contributed by atoms with Gasteiger partial charge in [0.2, 0.25) is 9.47 Å². The van der Waals surface area contributed by atoms with Gasteiger partial charge < -0.3 is 0 Å². The summed E-state index contributed by atoms with van der Waals surface area (Å²) < 4.78 is 21.2. The van der Waals surface area contributed by atoms with Crippen LogP contribution in [0.2, 0.25) is 0 Å². The Kier molecular flexibility index (Phi) is 3.14. The summed E-state index contributed by atoms with van der Waals surface area (Å²) in [4.78, 5) is 4.77. The Morgan fingerprint density at radius 3 is 2.77 bits per heavy atom. The first-order valence-corrected chi connectivity index (χ1v) is 5.64. The number of aromatic nitrogens is 2. The molecule has 0 radical (unpaired) electrons. The summed E-state index contributed by atoms with van der Waals surface area (Å²) in [5, 5.41) is 11.9. The van der Waals surface area contributed by atoms with Gasteiger partial charge in [-0.05, 0) is 6.92 Å². The molecule has 0 aliphatic carbocycles. The Balaban J connectivity index is 2.76. The van der Waals surface area contributed by atoms with Crippen molar-refractivity contribution in [3.8, 4) is 0 Å². The van der Waals surface area contributed by atoms with Crippen LogP contribution in [0.1, 0.15) is 6.92 Å². The van der Waals surface area contributed by atoms with Gasteiger partial charge >= 0.3 is 0 Å². The molecule has 0 atom stereocenters. The fourth-order valence-corrected chi connectivity index (χ4v) is 1.79. The molecule has 9 heteroatoms. The van der Waals surface area contributed by atoms with E-state index < -0.39 is 10.0 Å². The van der Waals surface area contributed by atoms with Crippen LogP contribution in [-0.2, 0) is 14.9 Å². The van der Waals surface area contributed by atoms with Crippen LogP contribution in [-0.4, -0.2) is 25.2 Å². The number of hydrogen-bond acceptors (Lipinski definition) is 7. The molecule has 0 bridgehead atoms. The quantitative estimate of drug-likeness (QED) is 0.671. The monoisotopic (exact) mass is 224 g/mol. The predicted octanol–water partition coefficient (Wildman–Crippen LogP) is -0.451. The highest BCUT2D eigenvalue weighted by Gasteiger charge is 2.14. The molecule has 13 heavy (non-hydrogen) atoms. The fraction of sp³-hybridized carbons (Fsp3) is 0.500. The first kappa shape index (κ1) is 10.3. The normalized spacial score (nSPS) is 11.5. The van der Waals surface area contributed by atoms with Gasteiger partial charge in [-0.3, -0.25) is 4.84 Å². The molecular weight excluding hydrogens is 216 g/mol. The number of anilines is 1. The number of nitrogens with zero attached hydrogens (tertiary/aromatic N) is 2. The molecule has 3 N–H and O–H groups in total. The van der Waals surface area contributed by atoms with E-state index in [1.807, 2.05) is 0 Å². The third-order valence-corrected chi connectivity index (χ3v) is 3.08. The van der Waals surface area contributed by atoms with E-state index in [1.54, 1.807) is 6.92 Å². The molecule has 0 aliphatic rings. The number of sulfonamides is 1. The van der Waals surface area contributed by atoms with Gasteiger partial charge in [0.05, 0.1) is 6.61 Å². The van der Waals surface area contributed by atoms with E-state index in [-0.39, 0.29) is 9.47 Å².